The molecule has 2 heteroatoms. The van der Waals surface area contributed by atoms with E-state index in [9.17, 15) is 0 Å². The van der Waals surface area contributed by atoms with Crippen molar-refractivity contribution in [3.05, 3.63) is 35.4 Å². The molecule has 1 aromatic rings. The largest absolute Gasteiger partial charge is 0.358 e. The Morgan fingerprint density at radius 3 is 3.08 bits per heavy atom. The van der Waals surface area contributed by atoms with E-state index < -0.39 is 0 Å². The Kier molecular flexibility index (Phi) is 1.81. The van der Waals surface area contributed by atoms with Gasteiger partial charge in [0, 0.05) is 0 Å². The lowest BCUT2D eigenvalue weighted by Crippen LogP contribution is -2.14. The third-order valence-corrected chi connectivity index (χ3v) is 2.11. The van der Waals surface area contributed by atoms with Gasteiger partial charge < -0.3 is 4.74 Å². The van der Waals surface area contributed by atoms with E-state index >= 15 is 0 Å². The lowest BCUT2D eigenvalue weighted by molar-refractivity contribution is 0.0800. The first-order valence-electron chi connectivity index (χ1n) is 4.01. The smallest absolute Gasteiger partial charge is 0.169 e. The molecule has 0 saturated carbocycles. The highest BCUT2D eigenvalue weighted by molar-refractivity contribution is 5.33. The molecule has 0 spiro atoms. The third kappa shape index (κ3) is 1.09. The zero-order chi connectivity index (χ0) is 8.39. The van der Waals surface area contributed by atoms with Gasteiger partial charge in [-0.25, -0.2) is 0 Å². The predicted octanol–water partition coefficient (Wildman–Crippen LogP) is 1.82. The predicted molar refractivity (Wildman–Crippen MR) is 44.5 cm³/mol. The van der Waals surface area contributed by atoms with Crippen LogP contribution in [0.1, 0.15) is 17.2 Å². The number of ether oxygens (including phenoxy) is 1. The van der Waals surface area contributed by atoms with Gasteiger partial charge in [0.2, 0.25) is 0 Å². The van der Waals surface area contributed by atoms with Crippen molar-refractivity contribution in [1.29, 1.82) is 5.26 Å². The van der Waals surface area contributed by atoms with Crippen molar-refractivity contribution in [3.63, 3.8) is 0 Å². The van der Waals surface area contributed by atoms with Crippen LogP contribution in [0, 0.1) is 11.3 Å². The zero-order valence-electron chi connectivity index (χ0n) is 6.66. The molecule has 0 amide bonds. The summed E-state index contributed by atoms with van der Waals surface area (Å²) < 4.78 is 5.29. The van der Waals surface area contributed by atoms with Gasteiger partial charge >= 0.3 is 0 Å². The number of benzene rings is 1. The van der Waals surface area contributed by atoms with Gasteiger partial charge in [-0.1, -0.05) is 24.3 Å². The summed E-state index contributed by atoms with van der Waals surface area (Å²) in [5.41, 5.74) is 2.28. The van der Waals surface area contributed by atoms with Gasteiger partial charge in [0.1, 0.15) is 0 Å². The second kappa shape index (κ2) is 2.96. The Labute approximate surface area is 71.4 Å². The van der Waals surface area contributed by atoms with Crippen molar-refractivity contribution in [1.82, 2.24) is 0 Å². The van der Waals surface area contributed by atoms with Gasteiger partial charge in [-0.05, 0) is 17.5 Å². The monoisotopic (exact) mass is 159 g/mol. The minimum atomic E-state index is -0.352. The van der Waals surface area contributed by atoms with E-state index in [0.29, 0.717) is 6.61 Å². The van der Waals surface area contributed by atoms with Crippen LogP contribution in [-0.4, -0.2) is 6.61 Å². The molecule has 1 aromatic carbocycles. The van der Waals surface area contributed by atoms with Crippen molar-refractivity contribution >= 4 is 0 Å². The SMILES string of the molecule is N#C[C@@H]1OCCc2ccccc21. The molecular formula is C10H9NO. The van der Waals surface area contributed by atoms with E-state index in [2.05, 4.69) is 12.1 Å². The first-order valence-corrected chi connectivity index (χ1v) is 4.01. The summed E-state index contributed by atoms with van der Waals surface area (Å²) in [6.07, 6.45) is 0.573. The van der Waals surface area contributed by atoms with Crippen LogP contribution in [0.3, 0.4) is 0 Å². The van der Waals surface area contributed by atoms with E-state index in [1.54, 1.807) is 0 Å². The van der Waals surface area contributed by atoms with Crippen molar-refractivity contribution in [2.24, 2.45) is 0 Å². The first-order chi connectivity index (χ1) is 5.92. The molecule has 0 fully saturated rings. The lowest BCUT2D eigenvalue weighted by Gasteiger charge is -2.20. The fraction of sp³-hybridized carbons (Fsp3) is 0.300. The van der Waals surface area contributed by atoms with Crippen LogP contribution in [-0.2, 0) is 11.2 Å². The molecule has 0 N–H and O–H groups in total. The second-order valence-electron chi connectivity index (χ2n) is 2.83. The number of hydrogen-bond donors (Lipinski definition) is 0. The summed E-state index contributed by atoms with van der Waals surface area (Å²) in [5.74, 6) is 0. The summed E-state index contributed by atoms with van der Waals surface area (Å²) in [6.45, 7) is 0.662. The highest BCUT2D eigenvalue weighted by Crippen LogP contribution is 2.25. The Balaban J connectivity index is 2.45. The molecule has 2 rings (SSSR count). The summed E-state index contributed by atoms with van der Waals surface area (Å²) >= 11 is 0. The highest BCUT2D eigenvalue weighted by Gasteiger charge is 2.18. The van der Waals surface area contributed by atoms with E-state index in [-0.39, 0.29) is 6.10 Å². The molecule has 1 aliphatic rings. The van der Waals surface area contributed by atoms with E-state index in [0.717, 1.165) is 12.0 Å². The Hall–Kier alpha value is -1.33. The van der Waals surface area contributed by atoms with E-state index in [1.807, 2.05) is 18.2 Å². The molecule has 0 unspecified atom stereocenters. The molecule has 2 nitrogen and oxygen atoms in total. The molecule has 1 atom stereocenters. The maximum absolute atomic E-state index is 8.76. The van der Waals surface area contributed by atoms with E-state index in [1.165, 1.54) is 5.56 Å². The molecule has 0 radical (unpaired) electrons. The Bertz CT molecular complexity index is 327. The van der Waals surface area contributed by atoms with Crippen molar-refractivity contribution in [3.8, 4) is 6.07 Å². The molecule has 1 heterocycles. The maximum atomic E-state index is 8.76. The standard InChI is InChI=1S/C10H9NO/c11-7-10-9-4-2-1-3-8(9)5-6-12-10/h1-4,10H,5-6H2/t10-/m0/s1. The lowest BCUT2D eigenvalue weighted by atomic mass is 9.98. The van der Waals surface area contributed by atoms with Crippen molar-refractivity contribution in [2.75, 3.05) is 6.61 Å². The summed E-state index contributed by atoms with van der Waals surface area (Å²) in [4.78, 5) is 0. The summed E-state index contributed by atoms with van der Waals surface area (Å²) in [7, 11) is 0. The molecular weight excluding hydrogens is 150 g/mol. The second-order valence-corrected chi connectivity index (χ2v) is 2.83. The van der Waals surface area contributed by atoms with Crippen molar-refractivity contribution in [2.45, 2.75) is 12.5 Å². The fourth-order valence-electron chi connectivity index (χ4n) is 1.50. The third-order valence-electron chi connectivity index (χ3n) is 2.11. The molecule has 0 aliphatic carbocycles. The fourth-order valence-corrected chi connectivity index (χ4v) is 1.50. The average Bonchev–Trinajstić information content (AvgIpc) is 2.17. The van der Waals surface area contributed by atoms with Crippen LogP contribution >= 0.6 is 0 Å². The van der Waals surface area contributed by atoms with Crippen molar-refractivity contribution < 1.29 is 4.74 Å². The molecule has 60 valence electrons. The number of nitriles is 1. The van der Waals surface area contributed by atoms with Gasteiger partial charge in [-0.2, -0.15) is 5.26 Å². The minimum Gasteiger partial charge on any atom is -0.358 e. The molecule has 1 aliphatic heterocycles. The van der Waals surface area contributed by atoms with Crippen LogP contribution in [0.15, 0.2) is 24.3 Å². The molecule has 0 saturated heterocycles. The quantitative estimate of drug-likeness (QED) is 0.578. The number of hydrogen-bond acceptors (Lipinski definition) is 2. The summed E-state index contributed by atoms with van der Waals surface area (Å²) in [5, 5.41) is 8.76. The Morgan fingerprint density at radius 2 is 2.25 bits per heavy atom. The maximum Gasteiger partial charge on any atom is 0.169 e. The molecule has 0 aromatic heterocycles. The number of rotatable bonds is 0. The highest BCUT2D eigenvalue weighted by atomic mass is 16.5. The topological polar surface area (TPSA) is 33.0 Å². The van der Waals surface area contributed by atoms with Crippen LogP contribution < -0.4 is 0 Å². The normalized spacial score (nSPS) is 21.1. The minimum absolute atomic E-state index is 0.352. The van der Waals surface area contributed by atoms with Crippen LogP contribution in [0.2, 0.25) is 0 Å². The molecule has 12 heavy (non-hydrogen) atoms. The average molecular weight is 159 g/mol. The Morgan fingerprint density at radius 1 is 1.42 bits per heavy atom. The zero-order valence-corrected chi connectivity index (χ0v) is 6.66. The van der Waals surface area contributed by atoms with Gasteiger partial charge in [0.25, 0.3) is 0 Å². The van der Waals surface area contributed by atoms with Gasteiger partial charge in [0.05, 0.1) is 12.7 Å². The molecule has 0 bridgehead atoms. The summed E-state index contributed by atoms with van der Waals surface area (Å²) in [6, 6.07) is 10.1. The first kappa shape index (κ1) is 7.33. The van der Waals surface area contributed by atoms with Crippen LogP contribution in [0.4, 0.5) is 0 Å². The number of nitrogens with zero attached hydrogens (tertiary/aromatic N) is 1. The van der Waals surface area contributed by atoms with Crippen LogP contribution in [0.25, 0.3) is 0 Å². The van der Waals surface area contributed by atoms with Gasteiger partial charge in [-0.15, -0.1) is 0 Å². The van der Waals surface area contributed by atoms with E-state index in [4.69, 9.17) is 10.00 Å². The number of fused-ring (bicyclic) bond motifs is 1. The van der Waals surface area contributed by atoms with Crippen LogP contribution in [0.5, 0.6) is 0 Å². The van der Waals surface area contributed by atoms with Gasteiger partial charge in [-0.3, -0.25) is 0 Å². The van der Waals surface area contributed by atoms with Gasteiger partial charge in [0.15, 0.2) is 6.10 Å².